The molecule has 3 rings (SSSR count). The first-order valence-corrected chi connectivity index (χ1v) is 11.3. The van der Waals surface area contributed by atoms with Crippen molar-refractivity contribution >= 4 is 11.7 Å². The summed E-state index contributed by atoms with van der Waals surface area (Å²) < 4.78 is 2.02. The number of anilines is 1. The number of carbonyl (C=O) groups is 1. The summed E-state index contributed by atoms with van der Waals surface area (Å²) in [6.07, 6.45) is 8.50. The summed E-state index contributed by atoms with van der Waals surface area (Å²) in [5.74, 6) is 0.895. The van der Waals surface area contributed by atoms with Crippen molar-refractivity contribution in [2.75, 3.05) is 18.4 Å². The monoisotopic (exact) mass is 408 g/mol. The summed E-state index contributed by atoms with van der Waals surface area (Å²) in [6, 6.07) is 13.2. The van der Waals surface area contributed by atoms with Crippen LogP contribution in [0, 0.1) is 0 Å². The van der Waals surface area contributed by atoms with Gasteiger partial charge in [-0.15, -0.1) is 6.58 Å². The Bertz CT molecular complexity index is 806. The number of amides is 1. The van der Waals surface area contributed by atoms with E-state index in [4.69, 9.17) is 0 Å². The second-order valence-corrected chi connectivity index (χ2v) is 8.66. The normalized spacial score (nSPS) is 16.3. The number of aromatic nitrogens is 2. The Morgan fingerprint density at radius 3 is 2.63 bits per heavy atom. The first kappa shape index (κ1) is 22.3. The van der Waals surface area contributed by atoms with E-state index in [0.717, 1.165) is 51.0 Å². The van der Waals surface area contributed by atoms with Crippen LogP contribution >= 0.6 is 0 Å². The Morgan fingerprint density at radius 1 is 1.20 bits per heavy atom. The van der Waals surface area contributed by atoms with Gasteiger partial charge < -0.3 is 10.2 Å². The predicted octanol–water partition coefficient (Wildman–Crippen LogP) is 5.23. The van der Waals surface area contributed by atoms with Gasteiger partial charge in [0.25, 0.3) is 0 Å². The van der Waals surface area contributed by atoms with Crippen LogP contribution in [0.5, 0.6) is 0 Å². The Hall–Kier alpha value is -2.40. The van der Waals surface area contributed by atoms with E-state index in [2.05, 4.69) is 47.9 Å². The molecule has 1 aliphatic rings. The van der Waals surface area contributed by atoms with E-state index in [-0.39, 0.29) is 5.91 Å². The maximum Gasteiger partial charge on any atom is 0.225 e. The van der Waals surface area contributed by atoms with Crippen LogP contribution in [0.25, 0.3) is 0 Å². The molecule has 0 saturated carbocycles. The molecule has 5 nitrogen and oxygen atoms in total. The number of rotatable bonds is 10. The number of likely N-dealkylation sites (tertiary alicyclic amines) is 1. The third kappa shape index (κ3) is 6.56. The standard InChI is InChI=1S/C25H36N4O/c1-20(2)12-13-21(3)28-18-15-23(16-19-28)29-24(14-17-26-29)27-25(30)11-7-10-22-8-5-4-6-9-22/h4-6,8-9,14,17,21,23H,1,7,10-13,15-16,18-19H2,2-3H3,(H,27,30)/t21-/m1/s1. The van der Waals surface area contributed by atoms with E-state index in [1.807, 2.05) is 28.9 Å². The molecule has 162 valence electrons. The minimum Gasteiger partial charge on any atom is -0.311 e. The molecule has 0 spiro atoms. The van der Waals surface area contributed by atoms with E-state index in [9.17, 15) is 4.79 Å². The summed E-state index contributed by atoms with van der Waals surface area (Å²) in [5, 5.41) is 7.60. The smallest absolute Gasteiger partial charge is 0.225 e. The molecule has 1 atom stereocenters. The molecule has 0 aliphatic carbocycles. The molecule has 1 aromatic carbocycles. The van der Waals surface area contributed by atoms with Crippen molar-refractivity contribution in [3.63, 3.8) is 0 Å². The van der Waals surface area contributed by atoms with Gasteiger partial charge >= 0.3 is 0 Å². The number of benzene rings is 1. The van der Waals surface area contributed by atoms with Crippen LogP contribution in [0.4, 0.5) is 5.82 Å². The van der Waals surface area contributed by atoms with Crippen molar-refractivity contribution in [3.8, 4) is 0 Å². The third-order valence-electron chi connectivity index (χ3n) is 6.11. The number of piperidine rings is 1. The molecule has 2 aromatic rings. The largest absolute Gasteiger partial charge is 0.311 e. The maximum atomic E-state index is 12.4. The molecule has 1 aliphatic heterocycles. The van der Waals surface area contributed by atoms with Crippen LogP contribution in [0.3, 0.4) is 0 Å². The van der Waals surface area contributed by atoms with Gasteiger partial charge in [-0.2, -0.15) is 5.10 Å². The minimum atomic E-state index is 0.0681. The van der Waals surface area contributed by atoms with Gasteiger partial charge in [0.2, 0.25) is 5.91 Å². The summed E-state index contributed by atoms with van der Waals surface area (Å²) in [7, 11) is 0. The summed E-state index contributed by atoms with van der Waals surface area (Å²) in [4.78, 5) is 15.0. The van der Waals surface area contributed by atoms with Crippen molar-refractivity contribution < 1.29 is 4.79 Å². The zero-order chi connectivity index (χ0) is 21.3. The van der Waals surface area contributed by atoms with E-state index in [1.54, 1.807) is 6.20 Å². The number of nitrogens with one attached hydrogen (secondary N) is 1. The second kappa shape index (κ2) is 11.1. The van der Waals surface area contributed by atoms with Crippen LogP contribution < -0.4 is 5.32 Å². The highest BCUT2D eigenvalue weighted by atomic mass is 16.1. The molecule has 2 heterocycles. The summed E-state index contributed by atoms with van der Waals surface area (Å²) in [6.45, 7) is 10.6. The Balaban J connectivity index is 1.45. The Morgan fingerprint density at radius 2 is 1.93 bits per heavy atom. The van der Waals surface area contributed by atoms with Gasteiger partial charge in [0.15, 0.2) is 0 Å². The van der Waals surface area contributed by atoms with Gasteiger partial charge in [-0.3, -0.25) is 4.79 Å². The van der Waals surface area contributed by atoms with Gasteiger partial charge in [-0.25, -0.2) is 4.68 Å². The number of nitrogens with zero attached hydrogens (tertiary/aromatic N) is 3. The minimum absolute atomic E-state index is 0.0681. The highest BCUT2D eigenvalue weighted by Crippen LogP contribution is 2.27. The van der Waals surface area contributed by atoms with Gasteiger partial charge in [0.1, 0.15) is 5.82 Å². The van der Waals surface area contributed by atoms with E-state index < -0.39 is 0 Å². The van der Waals surface area contributed by atoms with Gasteiger partial charge in [0.05, 0.1) is 12.2 Å². The average Bonchev–Trinajstić information content (AvgIpc) is 3.21. The topological polar surface area (TPSA) is 50.2 Å². The number of allylic oxidation sites excluding steroid dienone is 1. The molecule has 0 bridgehead atoms. The molecule has 5 heteroatoms. The summed E-state index contributed by atoms with van der Waals surface area (Å²) in [5.41, 5.74) is 2.54. The van der Waals surface area contributed by atoms with Crippen molar-refractivity contribution in [2.45, 2.75) is 70.9 Å². The molecule has 1 amide bonds. The zero-order valence-corrected chi connectivity index (χ0v) is 18.5. The highest BCUT2D eigenvalue weighted by Gasteiger charge is 2.25. The first-order valence-electron chi connectivity index (χ1n) is 11.3. The quantitative estimate of drug-likeness (QED) is 0.548. The van der Waals surface area contributed by atoms with Crippen LogP contribution in [-0.2, 0) is 11.2 Å². The van der Waals surface area contributed by atoms with Crippen molar-refractivity contribution in [1.29, 1.82) is 0 Å². The van der Waals surface area contributed by atoms with Crippen molar-refractivity contribution in [2.24, 2.45) is 0 Å². The first-order chi connectivity index (χ1) is 14.5. The van der Waals surface area contributed by atoms with E-state index >= 15 is 0 Å². The molecule has 1 saturated heterocycles. The molecular formula is C25H36N4O. The Kier molecular flexibility index (Phi) is 8.26. The molecule has 0 radical (unpaired) electrons. The molecule has 1 fully saturated rings. The van der Waals surface area contributed by atoms with Gasteiger partial charge in [0, 0.05) is 31.6 Å². The predicted molar refractivity (Wildman–Crippen MR) is 124 cm³/mol. The number of carbonyl (C=O) groups excluding carboxylic acids is 1. The molecular weight excluding hydrogens is 372 g/mol. The lowest BCUT2D eigenvalue weighted by Crippen LogP contribution is -2.40. The van der Waals surface area contributed by atoms with Gasteiger partial charge in [-0.1, -0.05) is 35.9 Å². The highest BCUT2D eigenvalue weighted by molar-refractivity contribution is 5.89. The molecule has 0 unspecified atom stereocenters. The molecule has 1 aromatic heterocycles. The maximum absolute atomic E-state index is 12.4. The van der Waals surface area contributed by atoms with E-state index in [0.29, 0.717) is 18.5 Å². The van der Waals surface area contributed by atoms with Crippen molar-refractivity contribution in [1.82, 2.24) is 14.7 Å². The third-order valence-corrected chi connectivity index (χ3v) is 6.11. The second-order valence-electron chi connectivity index (χ2n) is 8.66. The number of hydrogen-bond donors (Lipinski definition) is 1. The SMILES string of the molecule is C=C(C)CC[C@@H](C)N1CCC(n2nccc2NC(=O)CCCc2ccccc2)CC1. The lowest BCUT2D eigenvalue weighted by molar-refractivity contribution is -0.116. The Labute approximate surface area is 181 Å². The van der Waals surface area contributed by atoms with Gasteiger partial charge in [-0.05, 0) is 57.9 Å². The average molecular weight is 409 g/mol. The van der Waals surface area contributed by atoms with Crippen LogP contribution in [-0.4, -0.2) is 39.7 Å². The number of aryl methyl sites for hydroxylation is 1. The van der Waals surface area contributed by atoms with Crippen molar-refractivity contribution in [3.05, 3.63) is 60.3 Å². The molecule has 1 N–H and O–H groups in total. The molecule has 30 heavy (non-hydrogen) atoms. The number of hydrogen-bond acceptors (Lipinski definition) is 3. The van der Waals surface area contributed by atoms with Crippen LogP contribution in [0.2, 0.25) is 0 Å². The lowest BCUT2D eigenvalue weighted by Gasteiger charge is -2.36. The lowest BCUT2D eigenvalue weighted by atomic mass is 10.0. The fourth-order valence-corrected chi connectivity index (χ4v) is 4.22. The van der Waals surface area contributed by atoms with E-state index in [1.165, 1.54) is 17.6 Å². The van der Waals surface area contributed by atoms with Crippen LogP contribution in [0.15, 0.2) is 54.7 Å². The zero-order valence-electron chi connectivity index (χ0n) is 18.5. The fourth-order valence-electron chi connectivity index (χ4n) is 4.22. The summed E-state index contributed by atoms with van der Waals surface area (Å²) >= 11 is 0. The van der Waals surface area contributed by atoms with Crippen LogP contribution in [0.1, 0.15) is 64.0 Å². The fraction of sp³-hybridized carbons (Fsp3) is 0.520.